The molecule has 0 aliphatic heterocycles. The van der Waals surface area contributed by atoms with Crippen LogP contribution in [0.2, 0.25) is 0 Å². The molecule has 6 heteroatoms. The largest absolute Gasteiger partial charge is 0.490 e. The second-order valence-electron chi connectivity index (χ2n) is 4.42. The van der Waals surface area contributed by atoms with Crippen LogP contribution >= 0.6 is 11.3 Å². The molecule has 0 saturated heterocycles. The first kappa shape index (κ1) is 16.5. The van der Waals surface area contributed by atoms with Crippen molar-refractivity contribution in [3.63, 3.8) is 0 Å². The second kappa shape index (κ2) is 8.55. The maximum Gasteiger partial charge on any atom is 0.269 e. The number of thiophene rings is 1. The van der Waals surface area contributed by atoms with Crippen molar-refractivity contribution in [3.8, 4) is 5.75 Å². The highest BCUT2D eigenvalue weighted by molar-refractivity contribution is 7.10. The third kappa shape index (κ3) is 5.44. The zero-order valence-electron chi connectivity index (χ0n) is 12.3. The van der Waals surface area contributed by atoms with E-state index >= 15 is 0 Å². The number of rotatable bonds is 6. The van der Waals surface area contributed by atoms with Crippen LogP contribution in [0.4, 0.5) is 0 Å². The molecule has 2 aromatic rings. The lowest BCUT2D eigenvalue weighted by atomic mass is 10.2. The number of hydrogen-bond acceptors (Lipinski definition) is 4. The molecule has 2 N–H and O–H groups in total. The molecule has 1 aromatic heterocycles. The van der Waals surface area contributed by atoms with Gasteiger partial charge in [0.25, 0.3) is 11.8 Å². The molecule has 118 valence electrons. The van der Waals surface area contributed by atoms with Gasteiger partial charge in [-0.15, -0.1) is 11.3 Å². The van der Waals surface area contributed by atoms with Crippen LogP contribution in [0.3, 0.4) is 0 Å². The molecule has 0 saturated carbocycles. The highest BCUT2D eigenvalue weighted by Gasteiger charge is 2.06. The van der Waals surface area contributed by atoms with Crippen molar-refractivity contribution in [2.75, 3.05) is 6.61 Å². The van der Waals surface area contributed by atoms with E-state index in [2.05, 4.69) is 17.4 Å². The number of nitrogens with one attached hydrogen (secondary N) is 2. The average molecular weight is 328 g/mol. The Hall–Kier alpha value is -2.86. The number of hydrazine groups is 1. The average Bonchev–Trinajstić information content (AvgIpc) is 3.10. The Balaban J connectivity index is 1.82. The van der Waals surface area contributed by atoms with Gasteiger partial charge in [-0.25, -0.2) is 0 Å². The second-order valence-corrected chi connectivity index (χ2v) is 5.40. The third-order valence-corrected chi connectivity index (χ3v) is 3.56. The van der Waals surface area contributed by atoms with Crippen LogP contribution in [0.1, 0.15) is 15.2 Å². The minimum Gasteiger partial charge on any atom is -0.490 e. The molecule has 5 nitrogen and oxygen atoms in total. The van der Waals surface area contributed by atoms with Crippen molar-refractivity contribution >= 4 is 29.2 Å². The number of benzene rings is 1. The Morgan fingerprint density at radius 3 is 2.61 bits per heavy atom. The minimum atomic E-state index is -0.405. The molecule has 1 aromatic carbocycles. The van der Waals surface area contributed by atoms with E-state index in [0.717, 1.165) is 4.88 Å². The standard InChI is InChI=1S/C17H16N2O3S/c1-2-11-22-14-7-5-13(6-8-14)17(21)19-18-16(20)10-9-15-4-3-12-23-15/h2-10,12H,1,11H2,(H,18,20)(H,19,21)/b10-9+. The van der Waals surface area contributed by atoms with Gasteiger partial charge in [0, 0.05) is 16.5 Å². The summed E-state index contributed by atoms with van der Waals surface area (Å²) in [7, 11) is 0. The molecule has 0 aliphatic carbocycles. The van der Waals surface area contributed by atoms with Gasteiger partial charge in [0.2, 0.25) is 0 Å². The zero-order valence-corrected chi connectivity index (χ0v) is 13.1. The van der Waals surface area contributed by atoms with Gasteiger partial charge in [-0.1, -0.05) is 18.7 Å². The van der Waals surface area contributed by atoms with Gasteiger partial charge in [0.1, 0.15) is 12.4 Å². The molecule has 23 heavy (non-hydrogen) atoms. The van der Waals surface area contributed by atoms with Gasteiger partial charge in [-0.2, -0.15) is 0 Å². The predicted molar refractivity (Wildman–Crippen MR) is 91.1 cm³/mol. The molecule has 0 radical (unpaired) electrons. The first-order chi connectivity index (χ1) is 11.2. The number of ether oxygens (including phenoxy) is 1. The van der Waals surface area contributed by atoms with Gasteiger partial charge in [-0.3, -0.25) is 20.4 Å². The van der Waals surface area contributed by atoms with Crippen molar-refractivity contribution in [3.05, 3.63) is 70.9 Å². The molecule has 0 atom stereocenters. The van der Waals surface area contributed by atoms with Crippen LogP contribution in [0.15, 0.2) is 60.5 Å². The highest BCUT2D eigenvalue weighted by Crippen LogP contribution is 2.12. The smallest absolute Gasteiger partial charge is 0.269 e. The fourth-order valence-electron chi connectivity index (χ4n) is 1.63. The van der Waals surface area contributed by atoms with Gasteiger partial charge < -0.3 is 4.74 Å². The van der Waals surface area contributed by atoms with E-state index in [9.17, 15) is 9.59 Å². The van der Waals surface area contributed by atoms with E-state index in [-0.39, 0.29) is 0 Å². The molecular formula is C17H16N2O3S. The van der Waals surface area contributed by atoms with Crippen LogP contribution in [0.25, 0.3) is 6.08 Å². The molecule has 0 unspecified atom stereocenters. The minimum absolute atomic E-state index is 0.401. The fourth-order valence-corrected chi connectivity index (χ4v) is 2.25. The highest BCUT2D eigenvalue weighted by atomic mass is 32.1. The Morgan fingerprint density at radius 1 is 1.17 bits per heavy atom. The summed E-state index contributed by atoms with van der Waals surface area (Å²) in [6, 6.07) is 10.4. The van der Waals surface area contributed by atoms with E-state index in [4.69, 9.17) is 4.74 Å². The van der Waals surface area contributed by atoms with Crippen LogP contribution in [0.5, 0.6) is 5.75 Å². The van der Waals surface area contributed by atoms with Gasteiger partial charge in [0.15, 0.2) is 0 Å². The van der Waals surface area contributed by atoms with Gasteiger partial charge in [0.05, 0.1) is 0 Å². The number of carbonyl (C=O) groups excluding carboxylic acids is 2. The van der Waals surface area contributed by atoms with E-state index in [1.807, 2.05) is 17.5 Å². The summed E-state index contributed by atoms with van der Waals surface area (Å²) in [4.78, 5) is 24.5. The Kier molecular flexibility index (Phi) is 6.14. The van der Waals surface area contributed by atoms with E-state index in [1.54, 1.807) is 36.4 Å². The van der Waals surface area contributed by atoms with Crippen LogP contribution < -0.4 is 15.6 Å². The molecule has 0 fully saturated rings. The third-order valence-electron chi connectivity index (χ3n) is 2.73. The summed E-state index contributed by atoms with van der Waals surface area (Å²) in [6.07, 6.45) is 4.68. The Labute approximate surface area is 138 Å². The maximum absolute atomic E-state index is 11.9. The Morgan fingerprint density at radius 2 is 1.96 bits per heavy atom. The van der Waals surface area contributed by atoms with Crippen LogP contribution in [0, 0.1) is 0 Å². The van der Waals surface area contributed by atoms with E-state index in [1.165, 1.54) is 17.4 Å². The fraction of sp³-hybridized carbons (Fsp3) is 0.0588. The van der Waals surface area contributed by atoms with Gasteiger partial charge in [-0.05, 0) is 41.8 Å². The molecule has 0 bridgehead atoms. The first-order valence-corrected chi connectivity index (χ1v) is 7.72. The zero-order chi connectivity index (χ0) is 16.5. The SMILES string of the molecule is C=CCOc1ccc(C(=O)NNC(=O)/C=C/c2cccs2)cc1. The van der Waals surface area contributed by atoms with Crippen molar-refractivity contribution in [2.45, 2.75) is 0 Å². The molecule has 2 amide bonds. The Bertz CT molecular complexity index is 691. The predicted octanol–water partition coefficient (Wildman–Crippen LogP) is 2.79. The summed E-state index contributed by atoms with van der Waals surface area (Å²) in [5.74, 6) is -0.166. The molecule has 1 heterocycles. The number of amides is 2. The first-order valence-electron chi connectivity index (χ1n) is 6.84. The summed E-state index contributed by atoms with van der Waals surface area (Å²) in [5, 5.41) is 1.92. The van der Waals surface area contributed by atoms with Crippen molar-refractivity contribution in [2.24, 2.45) is 0 Å². The van der Waals surface area contributed by atoms with Crippen LogP contribution in [-0.4, -0.2) is 18.4 Å². The van der Waals surface area contributed by atoms with E-state index < -0.39 is 11.8 Å². The number of carbonyl (C=O) groups is 2. The summed E-state index contributed by atoms with van der Waals surface area (Å²) >= 11 is 1.52. The monoisotopic (exact) mass is 328 g/mol. The number of hydrogen-bond donors (Lipinski definition) is 2. The lowest BCUT2D eigenvalue weighted by molar-refractivity contribution is -0.117. The van der Waals surface area contributed by atoms with Crippen molar-refractivity contribution < 1.29 is 14.3 Å². The van der Waals surface area contributed by atoms with Gasteiger partial charge >= 0.3 is 0 Å². The molecule has 2 rings (SSSR count). The molecule has 0 aliphatic rings. The quantitative estimate of drug-likeness (QED) is 0.487. The van der Waals surface area contributed by atoms with Crippen molar-refractivity contribution in [1.29, 1.82) is 0 Å². The molecular weight excluding hydrogens is 312 g/mol. The lowest BCUT2D eigenvalue weighted by Gasteiger charge is -2.07. The summed E-state index contributed by atoms with van der Waals surface area (Å²) < 4.78 is 5.33. The normalized spacial score (nSPS) is 10.3. The van der Waals surface area contributed by atoms with Crippen molar-refractivity contribution in [1.82, 2.24) is 10.9 Å². The summed E-state index contributed by atoms with van der Waals surface area (Å²) in [6.45, 7) is 3.96. The maximum atomic E-state index is 11.9. The van der Waals surface area contributed by atoms with Crippen LogP contribution in [-0.2, 0) is 4.79 Å². The lowest BCUT2D eigenvalue weighted by Crippen LogP contribution is -2.40. The van der Waals surface area contributed by atoms with E-state index in [0.29, 0.717) is 17.9 Å². The topological polar surface area (TPSA) is 67.4 Å². The summed E-state index contributed by atoms with van der Waals surface area (Å²) in [5.41, 5.74) is 5.09. The molecule has 0 spiro atoms.